The molecule has 2 amide bonds. The molecular weight excluding hydrogens is 550 g/mol. The molecule has 0 saturated heterocycles. The van der Waals surface area contributed by atoms with E-state index in [-0.39, 0.29) is 43.8 Å². The van der Waals surface area contributed by atoms with Crippen molar-refractivity contribution in [2.45, 2.75) is 83.8 Å². The molecule has 0 bridgehead atoms. The number of hydrogen-bond acceptors (Lipinski definition) is 5. The van der Waals surface area contributed by atoms with E-state index in [0.717, 1.165) is 37.5 Å². The summed E-state index contributed by atoms with van der Waals surface area (Å²) in [5.74, 6) is 0.327. The first-order valence-electron chi connectivity index (χ1n) is 14.0. The molecule has 1 aliphatic carbocycles. The number of sulfonamides is 1. The van der Waals surface area contributed by atoms with Crippen molar-refractivity contribution in [2.24, 2.45) is 0 Å². The summed E-state index contributed by atoms with van der Waals surface area (Å²) in [6.45, 7) is 4.04. The first-order valence-corrected chi connectivity index (χ1v) is 16.2. The summed E-state index contributed by atoms with van der Waals surface area (Å²) in [7, 11) is -2.02. The van der Waals surface area contributed by atoms with Crippen molar-refractivity contribution in [3.8, 4) is 5.75 Å². The molecule has 0 unspecified atom stereocenters. The first-order chi connectivity index (χ1) is 19.0. The lowest BCUT2D eigenvalue weighted by Gasteiger charge is -2.33. The predicted molar refractivity (Wildman–Crippen MR) is 160 cm³/mol. The van der Waals surface area contributed by atoms with Crippen LogP contribution in [0.2, 0.25) is 5.02 Å². The van der Waals surface area contributed by atoms with Gasteiger partial charge in [-0.25, -0.2) is 8.42 Å². The average molecular weight is 592 g/mol. The van der Waals surface area contributed by atoms with Gasteiger partial charge in [-0.05, 0) is 68.0 Å². The molecular formula is C30H42ClN3O5S. The third-order valence-electron chi connectivity index (χ3n) is 7.48. The number of nitrogens with one attached hydrogen (secondary N) is 1. The molecule has 0 aromatic heterocycles. The Labute approximate surface area is 244 Å². The minimum atomic E-state index is -3.61. The predicted octanol–water partition coefficient (Wildman–Crippen LogP) is 5.46. The van der Waals surface area contributed by atoms with Gasteiger partial charge < -0.3 is 15.0 Å². The molecule has 10 heteroatoms. The van der Waals surface area contributed by atoms with Crippen molar-refractivity contribution in [1.29, 1.82) is 0 Å². The highest BCUT2D eigenvalue weighted by Gasteiger charge is 2.30. The van der Waals surface area contributed by atoms with Gasteiger partial charge in [0.15, 0.2) is 0 Å². The number of carbonyl (C=O) groups is 2. The average Bonchev–Trinajstić information content (AvgIpc) is 2.92. The Kier molecular flexibility index (Phi) is 11.7. The van der Waals surface area contributed by atoms with Crippen LogP contribution in [0.3, 0.4) is 0 Å². The number of carbonyl (C=O) groups excluding carboxylic acids is 2. The molecule has 0 radical (unpaired) electrons. The van der Waals surface area contributed by atoms with Crippen LogP contribution in [-0.4, -0.2) is 57.1 Å². The Hall–Kier alpha value is -2.78. The van der Waals surface area contributed by atoms with E-state index < -0.39 is 16.1 Å². The Morgan fingerprint density at radius 3 is 2.48 bits per heavy atom. The maximum Gasteiger partial charge on any atom is 0.243 e. The third kappa shape index (κ3) is 8.61. The van der Waals surface area contributed by atoms with Crippen molar-refractivity contribution in [3.05, 3.63) is 58.6 Å². The fraction of sp³-hybridized carbons (Fsp3) is 0.533. The highest BCUT2D eigenvalue weighted by atomic mass is 35.5. The number of methoxy groups -OCH3 is 1. The molecule has 220 valence electrons. The summed E-state index contributed by atoms with van der Waals surface area (Å²) in [6.07, 6.45) is 7.26. The molecule has 2 aromatic carbocycles. The van der Waals surface area contributed by atoms with Crippen molar-refractivity contribution in [1.82, 2.24) is 10.2 Å². The lowest BCUT2D eigenvalue weighted by Crippen LogP contribution is -2.51. The number of hydrogen-bond donors (Lipinski definition) is 1. The van der Waals surface area contributed by atoms with Gasteiger partial charge in [0.05, 0.1) is 19.1 Å². The van der Waals surface area contributed by atoms with Gasteiger partial charge in [0.2, 0.25) is 21.8 Å². The van der Waals surface area contributed by atoms with E-state index in [1.807, 2.05) is 31.2 Å². The summed E-state index contributed by atoms with van der Waals surface area (Å²) < 4.78 is 32.0. The van der Waals surface area contributed by atoms with Crippen LogP contribution >= 0.6 is 11.6 Å². The van der Waals surface area contributed by atoms with Crippen molar-refractivity contribution in [3.63, 3.8) is 0 Å². The number of anilines is 1. The third-order valence-corrected chi connectivity index (χ3v) is 9.07. The second-order valence-corrected chi connectivity index (χ2v) is 12.8. The Balaban J connectivity index is 1.79. The van der Waals surface area contributed by atoms with Crippen molar-refractivity contribution in [2.75, 3.05) is 24.2 Å². The minimum absolute atomic E-state index is 0.0861. The molecule has 3 rings (SSSR count). The summed E-state index contributed by atoms with van der Waals surface area (Å²) in [5.41, 5.74) is 2.00. The highest BCUT2D eigenvalue weighted by Crippen LogP contribution is 2.29. The molecule has 1 aliphatic rings. The minimum Gasteiger partial charge on any atom is -0.497 e. The maximum atomic E-state index is 13.7. The number of halogens is 1. The zero-order chi connectivity index (χ0) is 29.3. The fourth-order valence-corrected chi connectivity index (χ4v) is 6.47. The van der Waals surface area contributed by atoms with E-state index in [9.17, 15) is 18.0 Å². The molecule has 1 fully saturated rings. The lowest BCUT2D eigenvalue weighted by atomic mass is 9.95. The summed E-state index contributed by atoms with van der Waals surface area (Å²) >= 11 is 6.25. The number of nitrogens with zero attached hydrogens (tertiary/aromatic N) is 2. The summed E-state index contributed by atoms with van der Waals surface area (Å²) in [5, 5.41) is 3.66. The van der Waals surface area contributed by atoms with Crippen molar-refractivity contribution >= 4 is 39.1 Å². The van der Waals surface area contributed by atoms with Crippen LogP contribution in [0.4, 0.5) is 5.69 Å². The second kappa shape index (κ2) is 14.7. The van der Waals surface area contributed by atoms with Crippen LogP contribution in [-0.2, 0) is 26.2 Å². The topological polar surface area (TPSA) is 96.0 Å². The summed E-state index contributed by atoms with van der Waals surface area (Å²) in [6, 6.07) is 12.1. The molecule has 1 saturated carbocycles. The number of benzene rings is 2. The molecule has 0 spiro atoms. The molecule has 0 heterocycles. The van der Waals surface area contributed by atoms with Crippen LogP contribution in [0.15, 0.2) is 42.5 Å². The number of amides is 2. The van der Waals surface area contributed by atoms with Gasteiger partial charge >= 0.3 is 0 Å². The van der Waals surface area contributed by atoms with E-state index in [1.54, 1.807) is 37.1 Å². The van der Waals surface area contributed by atoms with Crippen molar-refractivity contribution < 1.29 is 22.7 Å². The van der Waals surface area contributed by atoms with E-state index >= 15 is 0 Å². The second-order valence-electron chi connectivity index (χ2n) is 10.5. The zero-order valence-corrected chi connectivity index (χ0v) is 25.6. The van der Waals surface area contributed by atoms with Crippen LogP contribution in [0, 0.1) is 6.92 Å². The molecule has 8 nitrogen and oxygen atoms in total. The number of rotatable bonds is 13. The van der Waals surface area contributed by atoms with Gasteiger partial charge in [-0.3, -0.25) is 13.9 Å². The molecule has 2 aromatic rings. The monoisotopic (exact) mass is 591 g/mol. The maximum absolute atomic E-state index is 13.7. The van der Waals surface area contributed by atoms with Gasteiger partial charge in [-0.1, -0.05) is 56.0 Å². The Morgan fingerprint density at radius 1 is 1.12 bits per heavy atom. The molecule has 40 heavy (non-hydrogen) atoms. The largest absolute Gasteiger partial charge is 0.497 e. The van der Waals surface area contributed by atoms with E-state index in [4.69, 9.17) is 16.3 Å². The molecule has 1 atom stereocenters. The first kappa shape index (κ1) is 31.7. The van der Waals surface area contributed by atoms with Gasteiger partial charge in [0.25, 0.3) is 0 Å². The van der Waals surface area contributed by atoms with E-state index in [1.165, 1.54) is 10.7 Å². The zero-order valence-electron chi connectivity index (χ0n) is 24.0. The van der Waals surface area contributed by atoms with Gasteiger partial charge in [0.1, 0.15) is 11.8 Å². The van der Waals surface area contributed by atoms with E-state index in [2.05, 4.69) is 5.32 Å². The van der Waals surface area contributed by atoms with Gasteiger partial charge in [-0.2, -0.15) is 0 Å². The van der Waals surface area contributed by atoms with Crippen LogP contribution in [0.1, 0.15) is 69.4 Å². The van der Waals surface area contributed by atoms with E-state index in [0.29, 0.717) is 28.4 Å². The van der Waals surface area contributed by atoms with Crippen LogP contribution in [0.25, 0.3) is 0 Å². The van der Waals surface area contributed by atoms with Gasteiger partial charge in [0, 0.05) is 30.6 Å². The van der Waals surface area contributed by atoms with Crippen LogP contribution in [0.5, 0.6) is 5.75 Å². The standard InChI is InChI=1S/C30H42ClN3O5S/c1-5-27(30(36)32-24-13-7-6-8-14-24)33(21-23-12-9-15-25(20-23)39-3)29(35)18-11-19-34(40(4,37)38)28-17-10-16-26(31)22(28)2/h9-10,12,15-17,20,24,27H,5-8,11,13-14,18-19,21H2,1-4H3,(H,32,36)/t27-/m0/s1. The molecule has 0 aliphatic heterocycles. The SMILES string of the molecule is CC[C@@H](C(=O)NC1CCCCC1)N(Cc1cccc(OC)c1)C(=O)CCCN(c1cccc(Cl)c1C)S(C)(=O)=O. The lowest BCUT2D eigenvalue weighted by molar-refractivity contribution is -0.141. The quantitative estimate of drug-likeness (QED) is 0.334. The number of ether oxygens (including phenoxy) is 1. The smallest absolute Gasteiger partial charge is 0.243 e. The highest BCUT2D eigenvalue weighted by molar-refractivity contribution is 7.92. The normalized spacial score (nSPS) is 14.8. The summed E-state index contributed by atoms with van der Waals surface area (Å²) in [4.78, 5) is 28.8. The Morgan fingerprint density at radius 2 is 1.82 bits per heavy atom. The van der Waals surface area contributed by atoms with Gasteiger partial charge in [-0.15, -0.1) is 0 Å². The fourth-order valence-electron chi connectivity index (χ4n) is 5.28. The molecule has 1 N–H and O–H groups in total. The Bertz CT molecular complexity index is 1260. The van der Waals surface area contributed by atoms with Crippen LogP contribution < -0.4 is 14.4 Å².